The van der Waals surface area contributed by atoms with E-state index in [1.54, 1.807) is 19.2 Å². The van der Waals surface area contributed by atoms with Gasteiger partial charge in [-0.25, -0.2) is 14.5 Å². The van der Waals surface area contributed by atoms with Crippen LogP contribution in [0, 0.1) is 12.3 Å². The first-order chi connectivity index (χ1) is 19.6. The molecule has 0 unspecified atom stereocenters. The van der Waals surface area contributed by atoms with Gasteiger partial charge in [-0.05, 0) is 57.8 Å². The van der Waals surface area contributed by atoms with Gasteiger partial charge in [0.2, 0.25) is 5.95 Å². The van der Waals surface area contributed by atoms with Crippen molar-refractivity contribution in [3.63, 3.8) is 0 Å². The summed E-state index contributed by atoms with van der Waals surface area (Å²) in [6.45, 7) is 24.7. The standard InChI is InChI=1S/C20H25N7O.C4H6O2.C2H5N.2C2H6/c1-4-7-27-19(28)16-13-21-20(23-18(16)24-27)22-15-5-6-17(14(2)12-15)26-10-8-25(3)9-11-26;1-3(2)4(5)6;1-2-3;2*1-2/h4-6,12-13H,1,7-11H2,2-3H3,(H2,21,22,23,24);1H2,2H3,(H,5,6);2-3H,1H3;2*1-2H3. The van der Waals surface area contributed by atoms with Crippen molar-refractivity contribution < 1.29 is 9.90 Å². The summed E-state index contributed by atoms with van der Waals surface area (Å²) < 4.78 is 1.46. The van der Waals surface area contributed by atoms with Gasteiger partial charge in [0.05, 0.1) is 6.54 Å². The van der Waals surface area contributed by atoms with Crippen LogP contribution in [0.15, 0.2) is 54.0 Å². The molecule has 0 saturated carbocycles. The molecule has 0 amide bonds. The third kappa shape index (κ3) is 11.8. The van der Waals surface area contributed by atoms with Crippen molar-refractivity contribution >= 4 is 40.5 Å². The van der Waals surface area contributed by atoms with Crippen molar-refractivity contribution in [2.75, 3.05) is 43.4 Å². The summed E-state index contributed by atoms with van der Waals surface area (Å²) in [5.41, 5.74) is 3.93. The topological polar surface area (TPSA) is 143 Å². The van der Waals surface area contributed by atoms with Crippen LogP contribution in [-0.4, -0.2) is 75.2 Å². The minimum Gasteiger partial charge on any atom is -0.478 e. The van der Waals surface area contributed by atoms with Gasteiger partial charge in [0.15, 0.2) is 5.65 Å². The fourth-order valence-corrected chi connectivity index (χ4v) is 3.53. The van der Waals surface area contributed by atoms with Crippen LogP contribution in [0.25, 0.3) is 11.0 Å². The summed E-state index contributed by atoms with van der Waals surface area (Å²) >= 11 is 0. The monoisotopic (exact) mass is 568 g/mol. The van der Waals surface area contributed by atoms with Crippen molar-refractivity contribution in [2.45, 2.75) is 55.0 Å². The smallest absolute Gasteiger partial charge is 0.330 e. The molecule has 4 rings (SSSR count). The number of hydrogen-bond acceptors (Lipinski definition) is 8. The molecular formula is C30H48N8O3. The van der Waals surface area contributed by atoms with E-state index in [-0.39, 0.29) is 11.1 Å². The van der Waals surface area contributed by atoms with Crippen LogP contribution >= 0.6 is 0 Å². The van der Waals surface area contributed by atoms with Gasteiger partial charge in [-0.15, -0.1) is 6.58 Å². The molecule has 0 atom stereocenters. The lowest BCUT2D eigenvalue weighted by atomic mass is 10.1. The normalized spacial score (nSPS) is 12.0. The summed E-state index contributed by atoms with van der Waals surface area (Å²) in [5, 5.41) is 20.7. The Kier molecular flexibility index (Phi) is 17.7. The highest BCUT2D eigenvalue weighted by molar-refractivity contribution is 5.84. The number of piperazine rings is 1. The number of aliphatic carboxylic acids is 1. The number of fused-ring (bicyclic) bond motifs is 1. The molecule has 3 heterocycles. The fraction of sp³-hybridized carbons (Fsp3) is 0.433. The van der Waals surface area contributed by atoms with Crippen LogP contribution in [0.3, 0.4) is 0 Å². The first kappa shape index (κ1) is 36.8. The summed E-state index contributed by atoms with van der Waals surface area (Å²) in [5.74, 6) is -0.485. The fourth-order valence-electron chi connectivity index (χ4n) is 3.53. The number of allylic oxidation sites excluding steroid dienone is 1. The lowest BCUT2D eigenvalue weighted by Gasteiger charge is -2.35. The highest BCUT2D eigenvalue weighted by Crippen LogP contribution is 2.26. The van der Waals surface area contributed by atoms with E-state index in [1.807, 2.05) is 33.8 Å². The molecular weight excluding hydrogens is 520 g/mol. The maximum atomic E-state index is 12.2. The molecule has 0 bridgehead atoms. The minimum atomic E-state index is -0.935. The second kappa shape index (κ2) is 19.8. The van der Waals surface area contributed by atoms with Crippen LogP contribution in [0.5, 0.6) is 0 Å². The molecule has 3 aromatic rings. The number of H-pyrrole nitrogens is 1. The number of likely N-dealkylation sites (N-methyl/N-ethyl adjacent to an activating group) is 1. The van der Waals surface area contributed by atoms with Crippen LogP contribution in [0.2, 0.25) is 0 Å². The van der Waals surface area contributed by atoms with Gasteiger partial charge < -0.3 is 25.6 Å². The molecule has 1 saturated heterocycles. The molecule has 0 radical (unpaired) electrons. The number of carboxylic acids is 1. The largest absolute Gasteiger partial charge is 0.478 e. The molecule has 1 aliphatic heterocycles. The predicted molar refractivity (Wildman–Crippen MR) is 172 cm³/mol. The second-order valence-corrected chi connectivity index (χ2v) is 8.56. The number of nitrogens with one attached hydrogen (secondary N) is 3. The van der Waals surface area contributed by atoms with Crippen molar-refractivity contribution in [1.29, 1.82) is 5.41 Å². The number of anilines is 3. The van der Waals surface area contributed by atoms with E-state index in [2.05, 4.69) is 69.4 Å². The Morgan fingerprint density at radius 3 is 2.24 bits per heavy atom. The Bertz CT molecular complexity index is 1290. The Morgan fingerprint density at radius 2 is 1.76 bits per heavy atom. The maximum absolute atomic E-state index is 12.2. The van der Waals surface area contributed by atoms with Crippen LogP contribution in [-0.2, 0) is 11.3 Å². The molecule has 0 spiro atoms. The quantitative estimate of drug-likeness (QED) is 0.174. The van der Waals surface area contributed by atoms with E-state index < -0.39 is 5.97 Å². The van der Waals surface area contributed by atoms with Crippen LogP contribution < -0.4 is 15.8 Å². The number of hydrogen-bond donors (Lipinski definition) is 4. The van der Waals surface area contributed by atoms with Gasteiger partial charge >= 0.3 is 5.97 Å². The lowest BCUT2D eigenvalue weighted by molar-refractivity contribution is -0.132. The van der Waals surface area contributed by atoms with Gasteiger partial charge in [-0.1, -0.05) is 40.3 Å². The first-order valence-corrected chi connectivity index (χ1v) is 13.8. The number of benzene rings is 1. The molecule has 4 N–H and O–H groups in total. The van der Waals surface area contributed by atoms with Crippen molar-refractivity contribution in [1.82, 2.24) is 24.6 Å². The zero-order valence-electron chi connectivity index (χ0n) is 25.9. The summed E-state index contributed by atoms with van der Waals surface area (Å²) in [7, 11) is 2.16. The predicted octanol–water partition coefficient (Wildman–Crippen LogP) is 5.46. The molecule has 0 aliphatic carbocycles. The van der Waals surface area contributed by atoms with E-state index in [1.165, 1.54) is 29.1 Å². The second-order valence-electron chi connectivity index (χ2n) is 8.56. The van der Waals surface area contributed by atoms with E-state index in [0.717, 1.165) is 31.9 Å². The molecule has 2 aromatic heterocycles. The third-order valence-corrected chi connectivity index (χ3v) is 5.48. The molecule has 41 heavy (non-hydrogen) atoms. The SMILES string of the molecule is C=C(C)C(=O)O.C=CCn1[nH]c2nc(Nc3ccc(N4CCN(C)CC4)c(C)c3)ncc2c1=O.CC.CC.CC=N. The van der Waals surface area contributed by atoms with Gasteiger partial charge in [0.1, 0.15) is 5.39 Å². The minimum absolute atomic E-state index is 0.145. The molecule has 226 valence electrons. The van der Waals surface area contributed by atoms with Crippen molar-refractivity contribution in [3.05, 3.63) is 65.1 Å². The number of carboxylic acid groups (broad SMARTS) is 1. The van der Waals surface area contributed by atoms with Gasteiger partial charge in [-0.3, -0.25) is 9.89 Å². The van der Waals surface area contributed by atoms with E-state index in [4.69, 9.17) is 10.5 Å². The Labute approximate surface area is 244 Å². The number of rotatable bonds is 6. The van der Waals surface area contributed by atoms with E-state index in [0.29, 0.717) is 23.5 Å². The molecule has 1 fully saturated rings. The zero-order chi connectivity index (χ0) is 31.5. The number of carbonyl (C=O) groups is 1. The van der Waals surface area contributed by atoms with Crippen molar-refractivity contribution in [3.8, 4) is 0 Å². The van der Waals surface area contributed by atoms with Crippen LogP contribution in [0.1, 0.15) is 47.1 Å². The molecule has 1 aromatic carbocycles. The summed E-state index contributed by atoms with van der Waals surface area (Å²) in [6, 6.07) is 6.29. The lowest BCUT2D eigenvalue weighted by Crippen LogP contribution is -2.44. The average molecular weight is 569 g/mol. The number of aryl methyl sites for hydroxylation is 1. The Morgan fingerprint density at radius 1 is 1.20 bits per heavy atom. The Balaban J connectivity index is 0.00000105. The Hall–Kier alpha value is -4.25. The van der Waals surface area contributed by atoms with Crippen molar-refractivity contribution in [2.24, 2.45) is 0 Å². The number of aromatic amines is 1. The highest BCUT2D eigenvalue weighted by Gasteiger charge is 2.16. The van der Waals surface area contributed by atoms with Crippen LogP contribution in [0.4, 0.5) is 17.3 Å². The summed E-state index contributed by atoms with van der Waals surface area (Å²) in [4.78, 5) is 35.3. The first-order valence-electron chi connectivity index (χ1n) is 13.8. The van der Waals surface area contributed by atoms with Gasteiger partial charge in [-0.2, -0.15) is 4.98 Å². The molecule has 11 nitrogen and oxygen atoms in total. The number of nitrogens with zero attached hydrogens (tertiary/aromatic N) is 5. The average Bonchev–Trinajstić information content (AvgIpc) is 3.27. The third-order valence-electron chi connectivity index (χ3n) is 5.48. The number of aromatic nitrogens is 4. The van der Waals surface area contributed by atoms with E-state index in [9.17, 15) is 9.59 Å². The van der Waals surface area contributed by atoms with Gasteiger partial charge in [0.25, 0.3) is 5.56 Å². The molecule has 1 aliphatic rings. The zero-order valence-corrected chi connectivity index (χ0v) is 25.9. The highest BCUT2D eigenvalue weighted by atomic mass is 16.4. The van der Waals surface area contributed by atoms with E-state index >= 15 is 0 Å². The van der Waals surface area contributed by atoms with Gasteiger partial charge in [0, 0.05) is 49.3 Å². The maximum Gasteiger partial charge on any atom is 0.330 e. The molecule has 11 heteroatoms. The summed E-state index contributed by atoms with van der Waals surface area (Å²) in [6.07, 6.45) is 4.46.